The molecule has 0 spiro atoms. The smallest absolute Gasteiger partial charge is 0.231 e. The Morgan fingerprint density at radius 1 is 1.22 bits per heavy atom. The van der Waals surface area contributed by atoms with Crippen molar-refractivity contribution in [2.24, 2.45) is 0 Å². The molecule has 90 valence electrons. The molecule has 1 fully saturated rings. The summed E-state index contributed by atoms with van der Waals surface area (Å²) in [5.74, 6) is 0.265. The summed E-state index contributed by atoms with van der Waals surface area (Å²) in [7, 11) is 0. The molecule has 1 aromatic carbocycles. The van der Waals surface area contributed by atoms with Crippen molar-refractivity contribution >= 4 is 33.4 Å². The summed E-state index contributed by atoms with van der Waals surface area (Å²) in [5.41, 5.74) is 2.44. The largest absolute Gasteiger partial charge is 0.316 e. The lowest BCUT2D eigenvalue weighted by atomic mass is 10.1. The van der Waals surface area contributed by atoms with E-state index < -0.39 is 0 Å². The van der Waals surface area contributed by atoms with Crippen molar-refractivity contribution in [2.45, 2.75) is 19.3 Å². The van der Waals surface area contributed by atoms with E-state index in [0.29, 0.717) is 6.42 Å². The van der Waals surface area contributed by atoms with E-state index in [2.05, 4.69) is 30.3 Å². The standard InChI is InChI=1S/C15H13NOS/c17-15-9-12-11-5-1-2-6-13(11)18-14(12)8-10-4-3-7-16(10)15/h1-2,5-6,8H,3-4,7,9H2. The number of carbonyl (C=O) groups is 1. The molecule has 2 aromatic rings. The van der Waals surface area contributed by atoms with Crippen LogP contribution < -0.4 is 0 Å². The number of fused-ring (bicyclic) bond motifs is 4. The van der Waals surface area contributed by atoms with Gasteiger partial charge in [-0.3, -0.25) is 4.79 Å². The molecule has 1 amide bonds. The molecule has 3 heterocycles. The van der Waals surface area contributed by atoms with Crippen molar-refractivity contribution in [3.05, 3.63) is 40.4 Å². The summed E-state index contributed by atoms with van der Waals surface area (Å²) in [6.07, 6.45) is 4.94. The second-order valence-corrected chi connectivity index (χ2v) is 5.99. The van der Waals surface area contributed by atoms with Crippen molar-refractivity contribution in [1.82, 2.24) is 4.90 Å². The molecule has 0 saturated carbocycles. The van der Waals surface area contributed by atoms with Crippen molar-refractivity contribution in [3.8, 4) is 0 Å². The molecule has 0 atom stereocenters. The minimum Gasteiger partial charge on any atom is -0.316 e. The predicted molar refractivity (Wildman–Crippen MR) is 74.5 cm³/mol. The van der Waals surface area contributed by atoms with E-state index in [4.69, 9.17) is 0 Å². The fourth-order valence-electron chi connectivity index (χ4n) is 2.95. The average Bonchev–Trinajstić information content (AvgIpc) is 2.93. The quantitative estimate of drug-likeness (QED) is 0.706. The number of thiophene rings is 1. The molecule has 2 aliphatic rings. The van der Waals surface area contributed by atoms with Crippen molar-refractivity contribution in [2.75, 3.05) is 6.54 Å². The van der Waals surface area contributed by atoms with Crippen molar-refractivity contribution in [3.63, 3.8) is 0 Å². The van der Waals surface area contributed by atoms with Crippen LogP contribution in [0.3, 0.4) is 0 Å². The number of carbonyl (C=O) groups excluding carboxylic acids is 1. The fraction of sp³-hybridized carbons (Fsp3) is 0.267. The highest BCUT2D eigenvalue weighted by atomic mass is 32.1. The van der Waals surface area contributed by atoms with Gasteiger partial charge in [-0.1, -0.05) is 18.2 Å². The van der Waals surface area contributed by atoms with Gasteiger partial charge in [0.25, 0.3) is 0 Å². The van der Waals surface area contributed by atoms with Gasteiger partial charge in [0.05, 0.1) is 6.42 Å². The number of amides is 1. The maximum atomic E-state index is 12.3. The van der Waals surface area contributed by atoms with Crippen LogP contribution in [0.25, 0.3) is 16.2 Å². The van der Waals surface area contributed by atoms with Gasteiger partial charge in [0.2, 0.25) is 5.91 Å². The summed E-state index contributed by atoms with van der Waals surface area (Å²) in [4.78, 5) is 15.5. The van der Waals surface area contributed by atoms with Crippen LogP contribution in [0.5, 0.6) is 0 Å². The molecule has 18 heavy (non-hydrogen) atoms. The number of allylic oxidation sites excluding steroid dienone is 1. The first-order valence-electron chi connectivity index (χ1n) is 6.34. The molecule has 4 rings (SSSR count). The maximum Gasteiger partial charge on any atom is 0.231 e. The third-order valence-corrected chi connectivity index (χ3v) is 4.98. The number of hydrogen-bond donors (Lipinski definition) is 0. The van der Waals surface area contributed by atoms with Crippen LogP contribution in [0.2, 0.25) is 0 Å². The Balaban J connectivity index is 1.98. The Hall–Kier alpha value is -1.61. The van der Waals surface area contributed by atoms with Crippen molar-refractivity contribution < 1.29 is 4.79 Å². The van der Waals surface area contributed by atoms with Gasteiger partial charge in [-0.15, -0.1) is 11.3 Å². The van der Waals surface area contributed by atoms with Crippen LogP contribution in [0.4, 0.5) is 0 Å². The normalized spacial score (nSPS) is 18.6. The average molecular weight is 255 g/mol. The first kappa shape index (κ1) is 10.3. The van der Waals surface area contributed by atoms with Gasteiger partial charge >= 0.3 is 0 Å². The monoisotopic (exact) mass is 255 g/mol. The van der Waals surface area contributed by atoms with Crippen LogP contribution in [0.15, 0.2) is 30.0 Å². The molecule has 3 heteroatoms. The third kappa shape index (κ3) is 1.37. The second kappa shape index (κ2) is 3.69. The highest BCUT2D eigenvalue weighted by Gasteiger charge is 2.28. The zero-order chi connectivity index (χ0) is 12.1. The van der Waals surface area contributed by atoms with Crippen LogP contribution in [-0.4, -0.2) is 17.4 Å². The molecule has 0 radical (unpaired) electrons. The van der Waals surface area contributed by atoms with Gasteiger partial charge in [0, 0.05) is 21.8 Å². The van der Waals surface area contributed by atoms with Gasteiger partial charge in [-0.25, -0.2) is 0 Å². The fourth-order valence-corrected chi connectivity index (χ4v) is 4.13. The lowest BCUT2D eigenvalue weighted by Gasteiger charge is -2.15. The molecule has 2 aliphatic heterocycles. The van der Waals surface area contributed by atoms with Crippen molar-refractivity contribution in [1.29, 1.82) is 0 Å². The van der Waals surface area contributed by atoms with Gasteiger partial charge in [-0.2, -0.15) is 0 Å². The Bertz CT molecular complexity index is 683. The topological polar surface area (TPSA) is 20.3 Å². The number of nitrogens with zero attached hydrogens (tertiary/aromatic N) is 1. The molecule has 0 N–H and O–H groups in total. The SMILES string of the molecule is O=C1Cc2c(sc3ccccc23)C=C2CCCN12. The number of rotatable bonds is 0. The molecule has 2 nitrogen and oxygen atoms in total. The Morgan fingerprint density at radius 3 is 3.06 bits per heavy atom. The summed E-state index contributed by atoms with van der Waals surface area (Å²) in [6.45, 7) is 0.900. The first-order valence-corrected chi connectivity index (χ1v) is 7.16. The Kier molecular flexibility index (Phi) is 2.12. The number of hydrogen-bond acceptors (Lipinski definition) is 2. The molecular weight excluding hydrogens is 242 g/mol. The third-order valence-electron chi connectivity index (χ3n) is 3.82. The van der Waals surface area contributed by atoms with Gasteiger partial charge < -0.3 is 4.90 Å². The molecule has 0 bridgehead atoms. The van der Waals surface area contributed by atoms with E-state index in [1.165, 1.54) is 26.2 Å². The predicted octanol–water partition coefficient (Wildman–Crippen LogP) is 3.42. The van der Waals surface area contributed by atoms with E-state index in [-0.39, 0.29) is 5.91 Å². The van der Waals surface area contributed by atoms with Crippen LogP contribution >= 0.6 is 11.3 Å². The highest BCUT2D eigenvalue weighted by molar-refractivity contribution is 7.20. The Labute approximate surface area is 110 Å². The number of benzene rings is 1. The molecule has 0 aliphatic carbocycles. The van der Waals surface area contributed by atoms with Gasteiger partial charge in [-0.05, 0) is 35.9 Å². The first-order chi connectivity index (χ1) is 8.83. The minimum absolute atomic E-state index is 0.265. The zero-order valence-corrected chi connectivity index (χ0v) is 10.8. The van der Waals surface area contributed by atoms with E-state index >= 15 is 0 Å². The van der Waals surface area contributed by atoms with E-state index in [9.17, 15) is 4.79 Å². The Morgan fingerprint density at radius 2 is 2.11 bits per heavy atom. The molecule has 1 aromatic heterocycles. The summed E-state index contributed by atoms with van der Waals surface area (Å²) < 4.78 is 1.29. The van der Waals surface area contributed by atoms with Gasteiger partial charge in [0.1, 0.15) is 0 Å². The van der Waals surface area contributed by atoms with Crippen LogP contribution in [0, 0.1) is 0 Å². The molecule has 1 saturated heterocycles. The lowest BCUT2D eigenvalue weighted by molar-refractivity contribution is -0.127. The maximum absolute atomic E-state index is 12.3. The zero-order valence-electron chi connectivity index (χ0n) is 9.98. The molecular formula is C15H13NOS. The summed E-state index contributed by atoms with van der Waals surface area (Å²) in [5, 5.41) is 1.25. The minimum atomic E-state index is 0.265. The van der Waals surface area contributed by atoms with E-state index in [0.717, 1.165) is 19.4 Å². The second-order valence-electron chi connectivity index (χ2n) is 4.90. The van der Waals surface area contributed by atoms with E-state index in [1.54, 1.807) is 0 Å². The van der Waals surface area contributed by atoms with Gasteiger partial charge in [0.15, 0.2) is 0 Å². The lowest BCUT2D eigenvalue weighted by Crippen LogP contribution is -2.26. The van der Waals surface area contributed by atoms with E-state index in [1.807, 2.05) is 16.2 Å². The van der Waals surface area contributed by atoms with Crippen LogP contribution in [0.1, 0.15) is 23.3 Å². The van der Waals surface area contributed by atoms with Crippen LogP contribution in [-0.2, 0) is 11.2 Å². The molecule has 0 unspecified atom stereocenters. The summed E-state index contributed by atoms with van der Waals surface area (Å²) in [6, 6.07) is 8.39. The summed E-state index contributed by atoms with van der Waals surface area (Å²) >= 11 is 1.81. The highest BCUT2D eigenvalue weighted by Crippen LogP contribution is 2.37.